The molecule has 6 nitrogen and oxygen atoms in total. The van der Waals surface area contributed by atoms with Gasteiger partial charge in [-0.2, -0.15) is 0 Å². The lowest BCUT2D eigenvalue weighted by molar-refractivity contribution is -0.391. The Morgan fingerprint density at radius 3 is 2.62 bits per heavy atom. The highest BCUT2D eigenvalue weighted by Crippen LogP contribution is 2.27. The Balaban J connectivity index is 2.36. The van der Waals surface area contributed by atoms with Gasteiger partial charge < -0.3 is 14.9 Å². The summed E-state index contributed by atoms with van der Waals surface area (Å²) < 4.78 is 6.83. The van der Waals surface area contributed by atoms with Crippen molar-refractivity contribution in [2.24, 2.45) is 7.05 Å². The molecule has 0 amide bonds. The van der Waals surface area contributed by atoms with Gasteiger partial charge in [-0.3, -0.25) is 0 Å². The van der Waals surface area contributed by atoms with Crippen molar-refractivity contribution in [3.05, 3.63) is 51.0 Å². The molecule has 21 heavy (non-hydrogen) atoms. The van der Waals surface area contributed by atoms with Crippen molar-refractivity contribution in [2.45, 2.75) is 13.8 Å². The Kier molecular flexibility index (Phi) is 4.07. The van der Waals surface area contributed by atoms with Gasteiger partial charge in [-0.05, 0) is 41.5 Å². The molecule has 1 heterocycles. The van der Waals surface area contributed by atoms with Crippen LogP contribution in [0.15, 0.2) is 18.3 Å². The van der Waals surface area contributed by atoms with Crippen LogP contribution in [-0.4, -0.2) is 21.6 Å². The summed E-state index contributed by atoms with van der Waals surface area (Å²) in [6, 6.07) is 3.97. The fraction of sp³-hybridized carbons (Fsp3) is 0.267. The van der Waals surface area contributed by atoms with E-state index in [0.29, 0.717) is 5.82 Å². The van der Waals surface area contributed by atoms with Crippen molar-refractivity contribution >= 4 is 18.0 Å². The fourth-order valence-corrected chi connectivity index (χ4v) is 2.24. The van der Waals surface area contributed by atoms with E-state index in [1.165, 1.54) is 10.8 Å². The van der Waals surface area contributed by atoms with Crippen LogP contribution in [0.25, 0.3) is 12.2 Å². The first-order valence-corrected chi connectivity index (χ1v) is 6.44. The lowest BCUT2D eigenvalue weighted by Gasteiger charge is -2.10. The van der Waals surface area contributed by atoms with E-state index in [2.05, 4.69) is 4.98 Å². The third kappa shape index (κ3) is 2.79. The molecule has 0 bridgehead atoms. The molecule has 0 saturated carbocycles. The standard InChI is InChI=1S/C15H17N3O3/c1-10-5-6-12(11(2)15(10)21-4)7-8-13-16-9-14(17(13)3)18(19)20/h5-9H,1-4H3/b8-7+. The number of ether oxygens (including phenoxy) is 1. The normalized spacial score (nSPS) is 11.0. The number of methoxy groups -OCH3 is 1. The molecule has 2 rings (SSSR count). The second-order valence-electron chi connectivity index (χ2n) is 4.75. The first kappa shape index (κ1) is 14.8. The summed E-state index contributed by atoms with van der Waals surface area (Å²) in [5.41, 5.74) is 3.08. The highest BCUT2D eigenvalue weighted by Gasteiger charge is 2.14. The third-order valence-electron chi connectivity index (χ3n) is 3.45. The molecule has 0 aliphatic heterocycles. The molecule has 0 saturated heterocycles. The van der Waals surface area contributed by atoms with Gasteiger partial charge in [0.05, 0.1) is 14.2 Å². The van der Waals surface area contributed by atoms with Gasteiger partial charge in [-0.1, -0.05) is 12.1 Å². The SMILES string of the molecule is COc1c(C)ccc(/C=C/c2ncc([N+](=O)[O-])n2C)c1C. The predicted molar refractivity (Wildman–Crippen MR) is 81.3 cm³/mol. The average Bonchev–Trinajstić information content (AvgIpc) is 2.80. The lowest BCUT2D eigenvalue weighted by atomic mass is 10.0. The van der Waals surface area contributed by atoms with Gasteiger partial charge in [-0.25, -0.2) is 9.55 Å². The van der Waals surface area contributed by atoms with Crippen molar-refractivity contribution < 1.29 is 9.66 Å². The van der Waals surface area contributed by atoms with E-state index in [0.717, 1.165) is 22.4 Å². The third-order valence-corrected chi connectivity index (χ3v) is 3.45. The maximum absolute atomic E-state index is 10.8. The van der Waals surface area contributed by atoms with E-state index >= 15 is 0 Å². The van der Waals surface area contributed by atoms with E-state index in [4.69, 9.17) is 4.74 Å². The lowest BCUT2D eigenvalue weighted by Crippen LogP contribution is -1.98. The van der Waals surface area contributed by atoms with Crippen LogP contribution in [0.5, 0.6) is 5.75 Å². The smallest absolute Gasteiger partial charge is 0.342 e. The molecular formula is C15H17N3O3. The molecule has 0 fully saturated rings. The molecule has 0 spiro atoms. The highest BCUT2D eigenvalue weighted by atomic mass is 16.6. The number of aryl methyl sites for hydroxylation is 1. The molecule has 110 valence electrons. The molecule has 1 aromatic heterocycles. The maximum atomic E-state index is 10.8. The van der Waals surface area contributed by atoms with E-state index < -0.39 is 4.92 Å². The molecule has 0 N–H and O–H groups in total. The van der Waals surface area contributed by atoms with Crippen LogP contribution < -0.4 is 4.74 Å². The minimum atomic E-state index is -0.454. The van der Waals surface area contributed by atoms with E-state index in [1.54, 1.807) is 20.2 Å². The second-order valence-corrected chi connectivity index (χ2v) is 4.75. The van der Waals surface area contributed by atoms with E-state index in [-0.39, 0.29) is 5.82 Å². The van der Waals surface area contributed by atoms with Crippen molar-refractivity contribution in [2.75, 3.05) is 7.11 Å². The van der Waals surface area contributed by atoms with Gasteiger partial charge in [0.2, 0.25) is 5.82 Å². The summed E-state index contributed by atoms with van der Waals surface area (Å²) >= 11 is 0. The predicted octanol–water partition coefficient (Wildman–Crippen LogP) is 3.12. The number of nitrogens with zero attached hydrogens (tertiary/aromatic N) is 3. The van der Waals surface area contributed by atoms with E-state index in [1.807, 2.05) is 32.1 Å². The minimum absolute atomic E-state index is 0.0344. The summed E-state index contributed by atoms with van der Waals surface area (Å²) in [5, 5.41) is 10.8. The fourth-order valence-electron chi connectivity index (χ4n) is 2.24. The van der Waals surface area contributed by atoms with E-state index in [9.17, 15) is 10.1 Å². The molecule has 0 unspecified atom stereocenters. The summed E-state index contributed by atoms with van der Waals surface area (Å²) in [4.78, 5) is 14.4. The van der Waals surface area contributed by atoms with Gasteiger partial charge in [0.1, 0.15) is 11.9 Å². The number of aromatic nitrogens is 2. The Bertz CT molecular complexity index is 717. The van der Waals surface area contributed by atoms with Crippen LogP contribution >= 0.6 is 0 Å². The van der Waals surface area contributed by atoms with Gasteiger partial charge in [0, 0.05) is 6.08 Å². The molecule has 0 aliphatic carbocycles. The number of hydrogen-bond donors (Lipinski definition) is 0. The van der Waals surface area contributed by atoms with Crippen LogP contribution in [0.1, 0.15) is 22.5 Å². The van der Waals surface area contributed by atoms with Crippen molar-refractivity contribution in [1.29, 1.82) is 0 Å². The van der Waals surface area contributed by atoms with Crippen LogP contribution in [0.3, 0.4) is 0 Å². The zero-order valence-corrected chi connectivity index (χ0v) is 12.5. The van der Waals surface area contributed by atoms with Gasteiger partial charge in [0.15, 0.2) is 0 Å². The zero-order chi connectivity index (χ0) is 15.6. The molecule has 1 aromatic carbocycles. The molecule has 0 atom stereocenters. The number of hydrogen-bond acceptors (Lipinski definition) is 4. The maximum Gasteiger partial charge on any atom is 0.342 e. The second kappa shape index (κ2) is 5.78. The monoisotopic (exact) mass is 287 g/mol. The molecular weight excluding hydrogens is 270 g/mol. The molecule has 0 radical (unpaired) electrons. The average molecular weight is 287 g/mol. The number of imidazole rings is 1. The first-order chi connectivity index (χ1) is 9.95. The molecule has 6 heteroatoms. The van der Waals surface area contributed by atoms with Crippen LogP contribution in [0, 0.1) is 24.0 Å². The summed E-state index contributed by atoms with van der Waals surface area (Å²) in [7, 11) is 3.26. The Morgan fingerprint density at radius 1 is 1.33 bits per heavy atom. The highest BCUT2D eigenvalue weighted by molar-refractivity contribution is 5.71. The zero-order valence-electron chi connectivity index (χ0n) is 12.5. The Hall–Kier alpha value is -2.63. The first-order valence-electron chi connectivity index (χ1n) is 6.44. The number of nitro groups is 1. The van der Waals surface area contributed by atoms with Gasteiger partial charge in [-0.15, -0.1) is 0 Å². The van der Waals surface area contributed by atoms with Gasteiger partial charge >= 0.3 is 5.82 Å². The molecule has 0 aliphatic rings. The topological polar surface area (TPSA) is 70.2 Å². The largest absolute Gasteiger partial charge is 0.496 e. The van der Waals surface area contributed by atoms with Crippen LogP contribution in [-0.2, 0) is 7.05 Å². The minimum Gasteiger partial charge on any atom is -0.496 e. The van der Waals surface area contributed by atoms with Crippen LogP contribution in [0.2, 0.25) is 0 Å². The van der Waals surface area contributed by atoms with Crippen molar-refractivity contribution in [1.82, 2.24) is 9.55 Å². The summed E-state index contributed by atoms with van der Waals surface area (Å²) in [5.74, 6) is 1.34. The Morgan fingerprint density at radius 2 is 2.05 bits per heavy atom. The quantitative estimate of drug-likeness (QED) is 0.640. The van der Waals surface area contributed by atoms with Crippen LogP contribution in [0.4, 0.5) is 5.82 Å². The number of benzene rings is 1. The molecule has 2 aromatic rings. The number of rotatable bonds is 4. The summed E-state index contributed by atoms with van der Waals surface area (Å²) in [6.45, 7) is 3.97. The van der Waals surface area contributed by atoms with Crippen molar-refractivity contribution in [3.8, 4) is 5.75 Å². The van der Waals surface area contributed by atoms with Crippen molar-refractivity contribution in [3.63, 3.8) is 0 Å². The van der Waals surface area contributed by atoms with Gasteiger partial charge in [0.25, 0.3) is 0 Å². The summed E-state index contributed by atoms with van der Waals surface area (Å²) in [6.07, 6.45) is 4.88. The Labute approximate surface area is 122 Å².